The van der Waals surface area contributed by atoms with Crippen molar-refractivity contribution in [3.63, 3.8) is 0 Å². The Morgan fingerprint density at radius 1 is 1.00 bits per heavy atom. The van der Waals surface area contributed by atoms with E-state index >= 15 is 0 Å². The van der Waals surface area contributed by atoms with E-state index in [1.165, 1.54) is 5.56 Å². The smallest absolute Gasteiger partial charge is 0.313 e. The van der Waals surface area contributed by atoms with Gasteiger partial charge in [0.15, 0.2) is 5.78 Å². The maximum atomic E-state index is 12.2. The summed E-state index contributed by atoms with van der Waals surface area (Å²) < 4.78 is 4.84. The van der Waals surface area contributed by atoms with Crippen LogP contribution >= 0.6 is 11.8 Å². The van der Waals surface area contributed by atoms with Gasteiger partial charge in [-0.15, -0.1) is 11.8 Å². The van der Waals surface area contributed by atoms with Crippen molar-refractivity contribution in [2.24, 2.45) is 0 Å². The Labute approximate surface area is 134 Å². The highest BCUT2D eigenvalue weighted by molar-refractivity contribution is 7.98. The summed E-state index contributed by atoms with van der Waals surface area (Å²) in [6.07, 6.45) is -0.212. The molecule has 0 fully saturated rings. The van der Waals surface area contributed by atoms with Crippen molar-refractivity contribution >= 4 is 23.5 Å². The van der Waals surface area contributed by atoms with Gasteiger partial charge in [0.25, 0.3) is 0 Å². The Balaban J connectivity index is 2.06. The average Bonchev–Trinajstić information content (AvgIpc) is 2.54. The lowest BCUT2D eigenvalue weighted by molar-refractivity contribution is -0.141. The number of Topliss-reactive ketones (excluding diaryl/α,β-unsaturated/α-hetero) is 1. The number of thioether (sulfide) groups is 1. The van der Waals surface area contributed by atoms with Gasteiger partial charge in [0, 0.05) is 16.2 Å². The molecule has 0 spiro atoms. The summed E-state index contributed by atoms with van der Waals surface area (Å²) in [5.41, 5.74) is 1.77. The highest BCUT2D eigenvalue weighted by Gasteiger charge is 2.16. The van der Waals surface area contributed by atoms with Gasteiger partial charge in [-0.25, -0.2) is 0 Å². The van der Waals surface area contributed by atoms with Crippen molar-refractivity contribution in [3.05, 3.63) is 65.7 Å². The van der Waals surface area contributed by atoms with Crippen molar-refractivity contribution in [1.82, 2.24) is 0 Å². The fraction of sp³-hybridized carbons (Fsp3) is 0.222. The first kappa shape index (κ1) is 16.3. The fourth-order valence-corrected chi connectivity index (χ4v) is 3.02. The molecule has 0 radical (unpaired) electrons. The van der Waals surface area contributed by atoms with E-state index in [1.807, 2.05) is 36.4 Å². The van der Waals surface area contributed by atoms with Gasteiger partial charge in [-0.2, -0.15) is 0 Å². The van der Waals surface area contributed by atoms with Crippen LogP contribution in [0.25, 0.3) is 0 Å². The molecule has 0 aliphatic rings. The minimum atomic E-state index is -0.477. The summed E-state index contributed by atoms with van der Waals surface area (Å²) in [5.74, 6) is 0.106. The molecule has 2 rings (SSSR count). The Kier molecular flexibility index (Phi) is 6.22. The Hall–Kier alpha value is -2.07. The summed E-state index contributed by atoms with van der Waals surface area (Å²) >= 11 is 1.60. The van der Waals surface area contributed by atoms with Gasteiger partial charge in [0.05, 0.1) is 6.61 Å². The quantitative estimate of drug-likeness (QED) is 0.334. The van der Waals surface area contributed by atoms with E-state index in [-0.39, 0.29) is 18.8 Å². The number of esters is 1. The van der Waals surface area contributed by atoms with Crippen LogP contribution in [-0.4, -0.2) is 18.4 Å². The molecule has 2 aromatic rings. The molecule has 2 aromatic carbocycles. The molecule has 0 unspecified atom stereocenters. The maximum absolute atomic E-state index is 12.2. The summed E-state index contributed by atoms with van der Waals surface area (Å²) in [6, 6.07) is 17.4. The predicted molar refractivity (Wildman–Crippen MR) is 88.0 cm³/mol. The van der Waals surface area contributed by atoms with E-state index in [2.05, 4.69) is 12.1 Å². The molecular formula is C18H18O3S. The molecular weight excluding hydrogens is 296 g/mol. The number of ether oxygens (including phenoxy) is 1. The molecule has 22 heavy (non-hydrogen) atoms. The molecule has 0 saturated carbocycles. The molecule has 0 aliphatic carbocycles. The second kappa shape index (κ2) is 8.39. The first-order valence-electron chi connectivity index (χ1n) is 7.15. The third-order valence-electron chi connectivity index (χ3n) is 3.03. The van der Waals surface area contributed by atoms with Crippen molar-refractivity contribution in [1.29, 1.82) is 0 Å². The first-order valence-corrected chi connectivity index (χ1v) is 8.14. The number of carbonyl (C=O) groups is 2. The summed E-state index contributed by atoms with van der Waals surface area (Å²) in [5, 5.41) is 0. The van der Waals surface area contributed by atoms with E-state index in [0.717, 1.165) is 10.6 Å². The lowest BCUT2D eigenvalue weighted by atomic mass is 10.1. The van der Waals surface area contributed by atoms with Gasteiger partial charge < -0.3 is 4.74 Å². The van der Waals surface area contributed by atoms with Crippen LogP contribution in [-0.2, 0) is 15.3 Å². The number of benzene rings is 2. The molecule has 114 valence electrons. The standard InChI is InChI=1S/C18H18O3S/c1-2-21-18(20)12-16(19)15-10-6-7-11-17(15)22-13-14-8-4-3-5-9-14/h3-11H,2,12-13H2,1H3. The van der Waals surface area contributed by atoms with Crippen LogP contribution < -0.4 is 0 Å². The molecule has 4 heteroatoms. The predicted octanol–water partition coefficient (Wildman–Crippen LogP) is 4.11. The monoisotopic (exact) mass is 314 g/mol. The van der Waals surface area contributed by atoms with Gasteiger partial charge in [-0.3, -0.25) is 9.59 Å². The van der Waals surface area contributed by atoms with Crippen LogP contribution in [0.3, 0.4) is 0 Å². The van der Waals surface area contributed by atoms with Gasteiger partial charge >= 0.3 is 5.97 Å². The van der Waals surface area contributed by atoms with E-state index in [1.54, 1.807) is 24.8 Å². The van der Waals surface area contributed by atoms with E-state index in [4.69, 9.17) is 4.74 Å². The largest absolute Gasteiger partial charge is 0.466 e. The van der Waals surface area contributed by atoms with Gasteiger partial charge in [0.2, 0.25) is 0 Å². The number of carbonyl (C=O) groups excluding carboxylic acids is 2. The molecule has 3 nitrogen and oxygen atoms in total. The van der Waals surface area contributed by atoms with Crippen LogP contribution in [0.2, 0.25) is 0 Å². The van der Waals surface area contributed by atoms with Gasteiger partial charge in [-0.05, 0) is 18.6 Å². The third kappa shape index (κ3) is 4.74. The Bertz CT molecular complexity index is 638. The van der Waals surface area contributed by atoms with Crippen LogP contribution in [0.15, 0.2) is 59.5 Å². The number of hydrogen-bond acceptors (Lipinski definition) is 4. The second-order valence-electron chi connectivity index (χ2n) is 4.68. The molecule has 0 heterocycles. The van der Waals surface area contributed by atoms with Crippen molar-refractivity contribution in [2.75, 3.05) is 6.61 Å². The lowest BCUT2D eigenvalue weighted by Gasteiger charge is -2.08. The average molecular weight is 314 g/mol. The molecule has 0 aromatic heterocycles. The minimum absolute atomic E-state index is 0.199. The maximum Gasteiger partial charge on any atom is 0.313 e. The highest BCUT2D eigenvalue weighted by Crippen LogP contribution is 2.27. The second-order valence-corrected chi connectivity index (χ2v) is 5.69. The van der Waals surface area contributed by atoms with Crippen molar-refractivity contribution in [3.8, 4) is 0 Å². The SMILES string of the molecule is CCOC(=O)CC(=O)c1ccccc1SCc1ccccc1. The molecule has 0 atom stereocenters. The summed E-state index contributed by atoms with van der Waals surface area (Å²) in [7, 11) is 0. The third-order valence-corrected chi connectivity index (χ3v) is 4.18. The normalized spacial score (nSPS) is 10.2. The number of hydrogen-bond donors (Lipinski definition) is 0. The highest BCUT2D eigenvalue weighted by atomic mass is 32.2. The molecule has 0 N–H and O–H groups in total. The van der Waals surface area contributed by atoms with E-state index in [0.29, 0.717) is 5.56 Å². The number of rotatable bonds is 7. The zero-order valence-electron chi connectivity index (χ0n) is 12.5. The molecule has 0 amide bonds. The number of ketones is 1. The van der Waals surface area contributed by atoms with Crippen LogP contribution in [0, 0.1) is 0 Å². The summed E-state index contributed by atoms with van der Waals surface area (Å²) in [6.45, 7) is 2.02. The van der Waals surface area contributed by atoms with Crippen molar-refractivity contribution < 1.29 is 14.3 Å². The van der Waals surface area contributed by atoms with Crippen LogP contribution in [0.5, 0.6) is 0 Å². The first-order chi connectivity index (χ1) is 10.7. The Morgan fingerprint density at radius 2 is 1.68 bits per heavy atom. The van der Waals surface area contributed by atoms with E-state index in [9.17, 15) is 9.59 Å². The van der Waals surface area contributed by atoms with Crippen LogP contribution in [0.4, 0.5) is 0 Å². The van der Waals surface area contributed by atoms with Gasteiger partial charge in [0.1, 0.15) is 6.42 Å². The molecule has 0 saturated heterocycles. The Morgan fingerprint density at radius 3 is 2.41 bits per heavy atom. The summed E-state index contributed by atoms with van der Waals surface area (Å²) in [4.78, 5) is 24.6. The molecule has 0 bridgehead atoms. The fourth-order valence-electron chi connectivity index (χ4n) is 2.00. The topological polar surface area (TPSA) is 43.4 Å². The van der Waals surface area contributed by atoms with Crippen LogP contribution in [0.1, 0.15) is 29.3 Å². The molecule has 0 aliphatic heterocycles. The van der Waals surface area contributed by atoms with Gasteiger partial charge in [-0.1, -0.05) is 48.5 Å². The van der Waals surface area contributed by atoms with Crippen molar-refractivity contribution in [2.45, 2.75) is 24.0 Å². The minimum Gasteiger partial charge on any atom is -0.466 e. The van der Waals surface area contributed by atoms with E-state index < -0.39 is 5.97 Å². The lowest BCUT2D eigenvalue weighted by Crippen LogP contribution is -2.12. The zero-order valence-corrected chi connectivity index (χ0v) is 13.3. The zero-order chi connectivity index (χ0) is 15.8.